The number of aliphatic carboxylic acids is 1. The van der Waals surface area contributed by atoms with Crippen LogP contribution in [0.2, 0.25) is 0 Å². The Labute approximate surface area is 91.9 Å². The van der Waals surface area contributed by atoms with Gasteiger partial charge in [0, 0.05) is 6.04 Å². The first-order valence-corrected chi connectivity index (χ1v) is 5.69. The van der Waals surface area contributed by atoms with E-state index in [4.69, 9.17) is 5.11 Å². The lowest BCUT2D eigenvalue weighted by Crippen LogP contribution is -2.48. The summed E-state index contributed by atoms with van der Waals surface area (Å²) >= 11 is 0. The van der Waals surface area contributed by atoms with Gasteiger partial charge in [0.05, 0.1) is 0 Å². The highest BCUT2D eigenvalue weighted by Crippen LogP contribution is 2.17. The summed E-state index contributed by atoms with van der Waals surface area (Å²) in [7, 11) is 4.06. The minimum Gasteiger partial charge on any atom is -0.480 e. The zero-order valence-corrected chi connectivity index (χ0v) is 9.94. The molecule has 0 spiro atoms. The minimum absolute atomic E-state index is 0.321. The molecule has 0 aromatic carbocycles. The number of likely N-dealkylation sites (tertiary alicyclic amines) is 1. The maximum absolute atomic E-state index is 11.0. The maximum Gasteiger partial charge on any atom is 0.320 e. The van der Waals surface area contributed by atoms with Gasteiger partial charge in [-0.2, -0.15) is 0 Å². The normalized spacial score (nSPS) is 21.9. The number of carboxylic acid groups (broad SMARTS) is 1. The van der Waals surface area contributed by atoms with E-state index in [9.17, 15) is 4.79 Å². The highest BCUT2D eigenvalue weighted by molar-refractivity contribution is 5.73. The van der Waals surface area contributed by atoms with Crippen LogP contribution in [0.4, 0.5) is 0 Å². The van der Waals surface area contributed by atoms with Crippen LogP contribution < -0.4 is 0 Å². The first-order valence-electron chi connectivity index (χ1n) is 5.69. The zero-order valence-electron chi connectivity index (χ0n) is 9.94. The largest absolute Gasteiger partial charge is 0.480 e. The van der Waals surface area contributed by atoms with Crippen molar-refractivity contribution in [3.05, 3.63) is 0 Å². The average molecular weight is 214 g/mol. The molecule has 1 aliphatic rings. The van der Waals surface area contributed by atoms with Crippen LogP contribution in [0.1, 0.15) is 26.2 Å². The minimum atomic E-state index is -0.695. The molecule has 4 heteroatoms. The molecule has 1 fully saturated rings. The Kier molecular flexibility index (Phi) is 4.54. The van der Waals surface area contributed by atoms with Gasteiger partial charge in [-0.15, -0.1) is 0 Å². The summed E-state index contributed by atoms with van der Waals surface area (Å²) in [4.78, 5) is 15.4. The van der Waals surface area contributed by atoms with E-state index in [2.05, 4.69) is 11.9 Å². The molecule has 88 valence electrons. The van der Waals surface area contributed by atoms with E-state index in [0.717, 1.165) is 25.9 Å². The molecule has 15 heavy (non-hydrogen) atoms. The molecule has 4 nitrogen and oxygen atoms in total. The van der Waals surface area contributed by atoms with Crippen LogP contribution in [0, 0.1) is 0 Å². The second-order valence-electron chi connectivity index (χ2n) is 4.46. The topological polar surface area (TPSA) is 43.8 Å². The number of nitrogens with zero attached hydrogens (tertiary/aromatic N) is 2. The van der Waals surface area contributed by atoms with Crippen molar-refractivity contribution < 1.29 is 9.90 Å². The summed E-state index contributed by atoms with van der Waals surface area (Å²) in [6, 6.07) is 0.112. The van der Waals surface area contributed by atoms with Crippen LogP contribution in [0.5, 0.6) is 0 Å². The van der Waals surface area contributed by atoms with E-state index < -0.39 is 5.97 Å². The lowest BCUT2D eigenvalue weighted by atomic mass is 10.0. The number of piperidine rings is 1. The Morgan fingerprint density at radius 1 is 1.53 bits per heavy atom. The van der Waals surface area contributed by atoms with Crippen LogP contribution >= 0.6 is 0 Å². The quantitative estimate of drug-likeness (QED) is 0.754. The summed E-state index contributed by atoms with van der Waals surface area (Å²) in [6.45, 7) is 4.08. The molecule has 0 saturated carbocycles. The predicted molar refractivity (Wildman–Crippen MR) is 60.0 cm³/mol. The monoisotopic (exact) mass is 214 g/mol. The molecule has 1 rings (SSSR count). The Balaban J connectivity index is 2.51. The van der Waals surface area contributed by atoms with Crippen molar-refractivity contribution in [2.45, 2.75) is 38.3 Å². The van der Waals surface area contributed by atoms with Gasteiger partial charge in [0.25, 0.3) is 0 Å². The lowest BCUT2D eigenvalue weighted by Gasteiger charge is -2.37. The predicted octanol–water partition coefficient (Wildman–Crippen LogP) is 0.876. The number of carboxylic acids is 1. The maximum atomic E-state index is 11.0. The Bertz CT molecular complexity index is 213. The van der Waals surface area contributed by atoms with Crippen LogP contribution in [0.3, 0.4) is 0 Å². The SMILES string of the molecule is CCC(C(=O)O)N(C)C1CCN(C)CC1. The van der Waals surface area contributed by atoms with E-state index in [1.54, 1.807) is 0 Å². The molecule has 0 amide bonds. The van der Waals surface area contributed by atoms with Crippen molar-refractivity contribution >= 4 is 5.97 Å². The van der Waals surface area contributed by atoms with Crippen LogP contribution in [-0.2, 0) is 4.79 Å². The molecular weight excluding hydrogens is 192 g/mol. The fraction of sp³-hybridized carbons (Fsp3) is 0.909. The van der Waals surface area contributed by atoms with Gasteiger partial charge >= 0.3 is 5.97 Å². The molecule has 1 saturated heterocycles. The van der Waals surface area contributed by atoms with Crippen LogP contribution in [0.25, 0.3) is 0 Å². The molecule has 1 aliphatic heterocycles. The van der Waals surface area contributed by atoms with E-state index in [0.29, 0.717) is 12.5 Å². The van der Waals surface area contributed by atoms with Gasteiger partial charge in [0.1, 0.15) is 6.04 Å². The third-order valence-electron chi connectivity index (χ3n) is 3.43. The standard InChI is InChI=1S/C11H22N2O2/c1-4-10(11(14)15)13(3)9-5-7-12(2)8-6-9/h9-10H,4-8H2,1-3H3,(H,14,15). The van der Waals surface area contributed by atoms with Crippen molar-refractivity contribution in [2.24, 2.45) is 0 Å². The number of carbonyl (C=O) groups is 1. The molecule has 1 atom stereocenters. The van der Waals surface area contributed by atoms with Gasteiger partial charge in [0.15, 0.2) is 0 Å². The van der Waals surface area contributed by atoms with Crippen molar-refractivity contribution in [2.75, 3.05) is 27.2 Å². The Morgan fingerprint density at radius 2 is 2.07 bits per heavy atom. The third kappa shape index (κ3) is 3.18. The molecule has 0 bridgehead atoms. The number of likely N-dealkylation sites (N-methyl/N-ethyl adjacent to an activating group) is 1. The zero-order chi connectivity index (χ0) is 11.4. The van der Waals surface area contributed by atoms with Gasteiger partial charge in [-0.1, -0.05) is 6.92 Å². The number of rotatable bonds is 4. The fourth-order valence-corrected chi connectivity index (χ4v) is 2.29. The third-order valence-corrected chi connectivity index (χ3v) is 3.43. The smallest absolute Gasteiger partial charge is 0.320 e. The number of hydrogen-bond donors (Lipinski definition) is 1. The molecule has 1 heterocycles. The molecular formula is C11H22N2O2. The molecule has 0 radical (unpaired) electrons. The van der Waals surface area contributed by atoms with Crippen molar-refractivity contribution in [1.82, 2.24) is 9.80 Å². The van der Waals surface area contributed by atoms with Gasteiger partial charge in [-0.05, 0) is 46.4 Å². The average Bonchev–Trinajstić information content (AvgIpc) is 2.19. The van der Waals surface area contributed by atoms with E-state index in [-0.39, 0.29) is 6.04 Å². The Morgan fingerprint density at radius 3 is 2.47 bits per heavy atom. The van der Waals surface area contributed by atoms with E-state index in [1.165, 1.54) is 0 Å². The highest BCUT2D eigenvalue weighted by atomic mass is 16.4. The summed E-state index contributed by atoms with van der Waals surface area (Å²) in [5, 5.41) is 9.07. The van der Waals surface area contributed by atoms with Crippen LogP contribution in [-0.4, -0.2) is 60.1 Å². The highest BCUT2D eigenvalue weighted by Gasteiger charge is 2.28. The molecule has 1 unspecified atom stereocenters. The summed E-state index contributed by atoms with van der Waals surface area (Å²) in [5.41, 5.74) is 0. The lowest BCUT2D eigenvalue weighted by molar-refractivity contribution is -0.144. The second kappa shape index (κ2) is 5.47. The molecule has 0 aromatic rings. The van der Waals surface area contributed by atoms with Gasteiger partial charge < -0.3 is 10.0 Å². The Hall–Kier alpha value is -0.610. The van der Waals surface area contributed by atoms with Gasteiger partial charge in [0.2, 0.25) is 0 Å². The summed E-state index contributed by atoms with van der Waals surface area (Å²) in [5.74, 6) is -0.695. The molecule has 0 aromatic heterocycles. The first-order chi connectivity index (χ1) is 7.06. The van der Waals surface area contributed by atoms with Crippen molar-refractivity contribution in [3.8, 4) is 0 Å². The fourth-order valence-electron chi connectivity index (χ4n) is 2.29. The van der Waals surface area contributed by atoms with Crippen LogP contribution in [0.15, 0.2) is 0 Å². The van der Waals surface area contributed by atoms with Gasteiger partial charge in [-0.3, -0.25) is 9.69 Å². The number of hydrogen-bond acceptors (Lipinski definition) is 3. The first kappa shape index (κ1) is 12.5. The van der Waals surface area contributed by atoms with Crippen molar-refractivity contribution in [1.29, 1.82) is 0 Å². The molecule has 1 N–H and O–H groups in total. The van der Waals surface area contributed by atoms with E-state index in [1.807, 2.05) is 18.9 Å². The summed E-state index contributed by atoms with van der Waals surface area (Å²) < 4.78 is 0. The second-order valence-corrected chi connectivity index (χ2v) is 4.46. The van der Waals surface area contributed by atoms with Crippen molar-refractivity contribution in [3.63, 3.8) is 0 Å². The molecule has 0 aliphatic carbocycles. The van der Waals surface area contributed by atoms with Gasteiger partial charge in [-0.25, -0.2) is 0 Å². The summed E-state index contributed by atoms with van der Waals surface area (Å²) in [6.07, 6.45) is 2.84. The van der Waals surface area contributed by atoms with E-state index >= 15 is 0 Å².